The Kier molecular flexibility index (Phi) is 14.8. The second kappa shape index (κ2) is 16.9. The molecule has 1 aromatic rings. The van der Waals surface area contributed by atoms with Crippen LogP contribution in [0.5, 0.6) is 0 Å². The zero-order chi connectivity index (χ0) is 22.0. The third-order valence-electron chi connectivity index (χ3n) is 5.75. The maximum absolute atomic E-state index is 12.4. The van der Waals surface area contributed by atoms with Crippen LogP contribution in [0.25, 0.3) is 0 Å². The highest BCUT2D eigenvalue weighted by Gasteiger charge is 2.16. The molecule has 0 aliphatic rings. The third kappa shape index (κ3) is 11.4. The van der Waals surface area contributed by atoms with Gasteiger partial charge in [0.1, 0.15) is 0 Å². The molecule has 0 radical (unpaired) electrons. The van der Waals surface area contributed by atoms with E-state index in [1.807, 2.05) is 12.1 Å². The van der Waals surface area contributed by atoms with E-state index in [2.05, 4.69) is 31.4 Å². The highest BCUT2D eigenvalue weighted by molar-refractivity contribution is 5.96. The van der Waals surface area contributed by atoms with E-state index in [4.69, 9.17) is 0 Å². The van der Waals surface area contributed by atoms with Gasteiger partial charge in [-0.05, 0) is 43.5 Å². The van der Waals surface area contributed by atoms with Gasteiger partial charge in [-0.1, -0.05) is 85.0 Å². The average molecular weight is 417 g/mol. The van der Waals surface area contributed by atoms with E-state index in [9.17, 15) is 9.59 Å². The van der Waals surface area contributed by atoms with Crippen LogP contribution in [0.4, 0.5) is 5.69 Å². The van der Waals surface area contributed by atoms with Gasteiger partial charge in [-0.15, -0.1) is 0 Å². The Morgan fingerprint density at radius 2 is 1.33 bits per heavy atom. The molecule has 1 unspecified atom stereocenters. The molecule has 0 aliphatic carbocycles. The molecule has 2 amide bonds. The van der Waals surface area contributed by atoms with Gasteiger partial charge in [0.2, 0.25) is 5.91 Å². The van der Waals surface area contributed by atoms with Crippen molar-refractivity contribution >= 4 is 17.5 Å². The number of benzene rings is 1. The molecule has 0 aromatic heterocycles. The smallest absolute Gasteiger partial charge is 0.251 e. The molecule has 170 valence electrons. The number of rotatable bonds is 17. The zero-order valence-corrected chi connectivity index (χ0v) is 19.6. The first-order chi connectivity index (χ1) is 14.6. The van der Waals surface area contributed by atoms with E-state index in [1.165, 1.54) is 51.4 Å². The van der Waals surface area contributed by atoms with Gasteiger partial charge in [-0.2, -0.15) is 0 Å². The highest BCUT2D eigenvalue weighted by atomic mass is 16.2. The van der Waals surface area contributed by atoms with Crippen molar-refractivity contribution in [3.8, 4) is 0 Å². The molecular formula is C26H44N2O2. The summed E-state index contributed by atoms with van der Waals surface area (Å²) >= 11 is 0. The maximum Gasteiger partial charge on any atom is 0.251 e. The summed E-state index contributed by atoms with van der Waals surface area (Å²) in [5.74, 6) is 0.0969. The Hall–Kier alpha value is -1.84. The Balaban J connectivity index is 2.24. The minimum absolute atomic E-state index is 0.0400. The van der Waals surface area contributed by atoms with Crippen molar-refractivity contribution in [2.75, 3.05) is 11.9 Å². The molecule has 1 rings (SSSR count). The lowest BCUT2D eigenvalue weighted by Crippen LogP contribution is -2.24. The van der Waals surface area contributed by atoms with Gasteiger partial charge in [0, 0.05) is 23.7 Å². The number of carbonyl (C=O) groups excluding carboxylic acids is 2. The lowest BCUT2D eigenvalue weighted by Gasteiger charge is -2.14. The van der Waals surface area contributed by atoms with Crippen LogP contribution in [-0.2, 0) is 4.79 Å². The van der Waals surface area contributed by atoms with Gasteiger partial charge in [0.25, 0.3) is 5.91 Å². The highest BCUT2D eigenvalue weighted by Crippen LogP contribution is 2.17. The van der Waals surface area contributed by atoms with E-state index in [0.29, 0.717) is 5.56 Å². The fourth-order valence-electron chi connectivity index (χ4n) is 3.66. The van der Waals surface area contributed by atoms with E-state index in [-0.39, 0.29) is 17.7 Å². The first-order valence-electron chi connectivity index (χ1n) is 12.3. The summed E-state index contributed by atoms with van der Waals surface area (Å²) in [5.41, 5.74) is 1.40. The predicted molar refractivity (Wildman–Crippen MR) is 128 cm³/mol. The van der Waals surface area contributed by atoms with Gasteiger partial charge in [-0.3, -0.25) is 9.59 Å². The van der Waals surface area contributed by atoms with Gasteiger partial charge >= 0.3 is 0 Å². The summed E-state index contributed by atoms with van der Waals surface area (Å²) < 4.78 is 0. The molecule has 1 aromatic carbocycles. The molecule has 4 heteroatoms. The lowest BCUT2D eigenvalue weighted by atomic mass is 9.98. The molecule has 1 atom stereocenters. The molecule has 0 saturated carbocycles. The maximum atomic E-state index is 12.4. The molecule has 30 heavy (non-hydrogen) atoms. The molecule has 0 spiro atoms. The molecule has 0 aliphatic heterocycles. The second-order valence-electron chi connectivity index (χ2n) is 8.40. The summed E-state index contributed by atoms with van der Waals surface area (Å²) in [6, 6.07) is 7.21. The molecule has 0 bridgehead atoms. The fourth-order valence-corrected chi connectivity index (χ4v) is 3.66. The summed E-state index contributed by atoms with van der Waals surface area (Å²) in [5, 5.41) is 5.99. The second-order valence-corrected chi connectivity index (χ2v) is 8.40. The summed E-state index contributed by atoms with van der Waals surface area (Å²) in [4.78, 5) is 24.7. The van der Waals surface area contributed by atoms with Crippen LogP contribution in [0, 0.1) is 5.92 Å². The number of hydrogen-bond acceptors (Lipinski definition) is 2. The number of amides is 2. The monoisotopic (exact) mass is 416 g/mol. The van der Waals surface area contributed by atoms with Gasteiger partial charge in [0.05, 0.1) is 0 Å². The van der Waals surface area contributed by atoms with E-state index < -0.39 is 0 Å². The van der Waals surface area contributed by atoms with Crippen molar-refractivity contribution in [2.24, 2.45) is 5.92 Å². The minimum Gasteiger partial charge on any atom is -0.352 e. The largest absolute Gasteiger partial charge is 0.352 e. The number of unbranched alkanes of at least 4 members (excludes halogenated alkanes) is 9. The van der Waals surface area contributed by atoms with Gasteiger partial charge in [-0.25, -0.2) is 0 Å². The average Bonchev–Trinajstić information content (AvgIpc) is 2.76. The van der Waals surface area contributed by atoms with E-state index in [1.54, 1.807) is 12.1 Å². The molecule has 4 nitrogen and oxygen atoms in total. The molecular weight excluding hydrogens is 372 g/mol. The standard InChI is InChI=1S/C26H44N2O2/c1-4-7-9-10-11-12-13-14-15-21-27-25(29)23-17-19-24(20-18-23)28-26(30)22(6-3)16-8-5-2/h17-20,22H,4-16,21H2,1-3H3,(H,27,29)(H,28,30). The molecule has 0 saturated heterocycles. The normalized spacial score (nSPS) is 11.8. The first-order valence-corrected chi connectivity index (χ1v) is 12.3. The van der Waals surface area contributed by atoms with Crippen molar-refractivity contribution in [1.29, 1.82) is 0 Å². The zero-order valence-electron chi connectivity index (χ0n) is 19.6. The number of carbonyl (C=O) groups is 2. The van der Waals surface area contributed by atoms with Crippen LogP contribution in [0.1, 0.15) is 115 Å². The lowest BCUT2D eigenvalue weighted by molar-refractivity contribution is -0.120. The van der Waals surface area contributed by atoms with Crippen LogP contribution in [0.15, 0.2) is 24.3 Å². The first kappa shape index (κ1) is 26.2. The van der Waals surface area contributed by atoms with Crippen molar-refractivity contribution in [2.45, 2.75) is 104 Å². The van der Waals surface area contributed by atoms with Crippen molar-refractivity contribution in [3.63, 3.8) is 0 Å². The van der Waals surface area contributed by atoms with Crippen LogP contribution in [0.3, 0.4) is 0 Å². The number of anilines is 1. The van der Waals surface area contributed by atoms with Crippen molar-refractivity contribution < 1.29 is 9.59 Å². The Labute approximate surface area is 184 Å². The predicted octanol–water partition coefficient (Wildman–Crippen LogP) is 7.10. The fraction of sp³-hybridized carbons (Fsp3) is 0.692. The van der Waals surface area contributed by atoms with Gasteiger partial charge < -0.3 is 10.6 Å². The topological polar surface area (TPSA) is 58.2 Å². The Morgan fingerprint density at radius 1 is 0.767 bits per heavy atom. The quantitative estimate of drug-likeness (QED) is 0.266. The van der Waals surface area contributed by atoms with Gasteiger partial charge in [0.15, 0.2) is 0 Å². The van der Waals surface area contributed by atoms with Crippen LogP contribution < -0.4 is 10.6 Å². The number of nitrogens with one attached hydrogen (secondary N) is 2. The van der Waals surface area contributed by atoms with Crippen LogP contribution in [-0.4, -0.2) is 18.4 Å². The van der Waals surface area contributed by atoms with Crippen molar-refractivity contribution in [1.82, 2.24) is 5.32 Å². The Morgan fingerprint density at radius 3 is 1.90 bits per heavy atom. The molecule has 2 N–H and O–H groups in total. The SMILES string of the molecule is CCCCCCCCCCCNC(=O)c1ccc(NC(=O)C(CC)CCCC)cc1. The van der Waals surface area contributed by atoms with Crippen LogP contribution >= 0.6 is 0 Å². The van der Waals surface area contributed by atoms with Crippen molar-refractivity contribution in [3.05, 3.63) is 29.8 Å². The summed E-state index contributed by atoms with van der Waals surface area (Å²) in [6.45, 7) is 7.17. The third-order valence-corrected chi connectivity index (χ3v) is 5.75. The summed E-state index contributed by atoms with van der Waals surface area (Å²) in [6.07, 6.45) is 15.5. The molecule has 0 heterocycles. The Bertz CT molecular complexity index is 583. The minimum atomic E-state index is -0.0400. The van der Waals surface area contributed by atoms with Crippen LogP contribution in [0.2, 0.25) is 0 Å². The van der Waals surface area contributed by atoms with E-state index in [0.717, 1.165) is 44.3 Å². The van der Waals surface area contributed by atoms with E-state index >= 15 is 0 Å². The number of hydrogen-bond donors (Lipinski definition) is 2. The molecule has 0 fully saturated rings. The summed E-state index contributed by atoms with van der Waals surface area (Å²) in [7, 11) is 0.